The maximum absolute atomic E-state index is 12.2. The Morgan fingerprint density at radius 1 is 0.692 bits per heavy atom. The number of aliphatic hydroxyl groups excluding tert-OH is 1. The molecular formula is C36H36Cl6N8O2. The van der Waals surface area contributed by atoms with Crippen molar-refractivity contribution in [2.24, 2.45) is 9.98 Å². The highest BCUT2D eigenvalue weighted by Gasteiger charge is 2.21. The van der Waals surface area contributed by atoms with Crippen molar-refractivity contribution in [2.45, 2.75) is 25.9 Å². The number of carbonyl (C=O) groups excluding carboxylic acids is 1. The van der Waals surface area contributed by atoms with Crippen LogP contribution >= 0.6 is 69.6 Å². The molecule has 2 aromatic carbocycles. The monoisotopic (exact) mass is 822 g/mol. The summed E-state index contributed by atoms with van der Waals surface area (Å²) in [6, 6.07) is 18.1. The molecule has 1 amide bonds. The van der Waals surface area contributed by atoms with Gasteiger partial charge in [0.05, 0.1) is 0 Å². The van der Waals surface area contributed by atoms with Gasteiger partial charge in [-0.15, -0.1) is 0 Å². The number of benzene rings is 2. The summed E-state index contributed by atoms with van der Waals surface area (Å²) >= 11 is 35.9. The molecule has 4 heterocycles. The van der Waals surface area contributed by atoms with Gasteiger partial charge in [0.15, 0.2) is 11.6 Å². The zero-order valence-corrected chi connectivity index (χ0v) is 32.9. The van der Waals surface area contributed by atoms with E-state index in [1.807, 2.05) is 43.3 Å². The van der Waals surface area contributed by atoms with Crippen molar-refractivity contribution >= 4 is 98.8 Å². The predicted octanol–water partition coefficient (Wildman–Crippen LogP) is 7.93. The van der Waals surface area contributed by atoms with E-state index in [1.165, 1.54) is 0 Å². The van der Waals surface area contributed by atoms with E-state index in [9.17, 15) is 9.90 Å². The highest BCUT2D eigenvalue weighted by molar-refractivity contribution is 6.35. The molecular weight excluding hydrogens is 789 g/mol. The lowest BCUT2D eigenvalue weighted by atomic mass is 10.2. The number of aliphatic imine (C=N–C) groups is 2. The predicted molar refractivity (Wildman–Crippen MR) is 212 cm³/mol. The van der Waals surface area contributed by atoms with Crippen molar-refractivity contribution in [2.75, 3.05) is 46.9 Å². The van der Waals surface area contributed by atoms with Gasteiger partial charge in [0, 0.05) is 97.4 Å². The van der Waals surface area contributed by atoms with E-state index in [-0.39, 0.29) is 5.91 Å². The highest BCUT2D eigenvalue weighted by atomic mass is 35.5. The van der Waals surface area contributed by atoms with Crippen molar-refractivity contribution in [3.63, 3.8) is 0 Å². The van der Waals surface area contributed by atoms with Crippen molar-refractivity contribution in [3.8, 4) is 0 Å². The number of amides is 1. The normalized spacial score (nSPS) is 12.7. The summed E-state index contributed by atoms with van der Waals surface area (Å²) in [5.41, 5.74) is 4.00. The molecule has 274 valence electrons. The zero-order chi connectivity index (χ0) is 37.4. The number of hydrogen-bond donors (Lipinski definition) is 2. The fourth-order valence-corrected chi connectivity index (χ4v) is 6.95. The van der Waals surface area contributed by atoms with Gasteiger partial charge in [-0.05, 0) is 59.7 Å². The highest BCUT2D eigenvalue weighted by Crippen LogP contribution is 2.28. The molecule has 2 aromatic heterocycles. The van der Waals surface area contributed by atoms with E-state index in [0.717, 1.165) is 65.8 Å². The minimum atomic E-state index is -0.563. The Balaban J connectivity index is 0.000000203. The second kappa shape index (κ2) is 18.7. The van der Waals surface area contributed by atoms with Gasteiger partial charge in [-0.2, -0.15) is 0 Å². The van der Waals surface area contributed by atoms with E-state index < -0.39 is 6.61 Å². The lowest BCUT2D eigenvalue weighted by Crippen LogP contribution is -2.40. The standard InChI is InChI=1S/C19H19Cl3N4O2.C17H17Cl3N4/c1-25(17-8-13-2-3-16(22)23-19(13)24-17)4-5-26(18(28)11-27)10-12-6-14(20)9-15(21)7-12;1-24(16-8-12-2-3-15(20)22-17(12)23-16)5-4-21-10-11-6-13(18)9-14(19)7-11/h2-3,6-7,9,27H,4-5,8,10-11H2,1H3;2-3,6-7,9,21H,4-5,8,10H2,1H3. The fraction of sp³-hybridized carbons (Fsp3) is 0.306. The second-order valence-corrected chi connectivity index (χ2v) is 14.7. The lowest BCUT2D eigenvalue weighted by Gasteiger charge is -2.26. The lowest BCUT2D eigenvalue weighted by molar-refractivity contribution is -0.134. The number of amidine groups is 2. The maximum atomic E-state index is 12.2. The summed E-state index contributed by atoms with van der Waals surface area (Å²) in [7, 11) is 3.94. The topological polar surface area (TPSA) is 110 Å². The molecule has 0 spiro atoms. The van der Waals surface area contributed by atoms with E-state index in [1.54, 1.807) is 41.3 Å². The first-order chi connectivity index (χ1) is 24.9. The molecule has 0 bridgehead atoms. The summed E-state index contributed by atoms with van der Waals surface area (Å²) in [6.45, 7) is 3.07. The van der Waals surface area contributed by atoms with Crippen LogP contribution in [0.2, 0.25) is 30.4 Å². The van der Waals surface area contributed by atoms with Crippen LogP contribution in [0.1, 0.15) is 22.3 Å². The number of likely N-dealkylation sites (N-methyl/N-ethyl adjacent to an activating group) is 2. The third kappa shape index (κ3) is 11.4. The molecule has 0 unspecified atom stereocenters. The van der Waals surface area contributed by atoms with Gasteiger partial charge in [-0.3, -0.25) is 4.79 Å². The van der Waals surface area contributed by atoms with Gasteiger partial charge in [0.1, 0.15) is 28.6 Å². The number of pyridine rings is 2. The third-order valence-electron chi connectivity index (χ3n) is 8.26. The Hall–Kier alpha value is -3.19. The number of nitrogens with one attached hydrogen (secondary N) is 1. The molecule has 0 radical (unpaired) electrons. The molecule has 6 rings (SSSR count). The van der Waals surface area contributed by atoms with Crippen molar-refractivity contribution in [1.82, 2.24) is 30.0 Å². The Morgan fingerprint density at radius 2 is 1.17 bits per heavy atom. The first kappa shape index (κ1) is 40.0. The molecule has 0 atom stereocenters. The fourth-order valence-electron chi connectivity index (χ4n) is 5.52. The van der Waals surface area contributed by atoms with Gasteiger partial charge in [0.2, 0.25) is 5.91 Å². The van der Waals surface area contributed by atoms with Crippen molar-refractivity contribution in [1.29, 1.82) is 0 Å². The maximum Gasteiger partial charge on any atom is 0.248 e. The quantitative estimate of drug-likeness (QED) is 0.117. The molecule has 2 aliphatic rings. The van der Waals surface area contributed by atoms with Gasteiger partial charge < -0.3 is 25.1 Å². The molecule has 16 heteroatoms. The average molecular weight is 825 g/mol. The number of nitrogens with zero attached hydrogens (tertiary/aromatic N) is 7. The van der Waals surface area contributed by atoms with Gasteiger partial charge in [-0.25, -0.2) is 20.0 Å². The Labute approximate surface area is 333 Å². The van der Waals surface area contributed by atoms with E-state index >= 15 is 0 Å². The van der Waals surface area contributed by atoms with E-state index in [4.69, 9.17) is 69.6 Å². The molecule has 0 fully saturated rings. The zero-order valence-electron chi connectivity index (χ0n) is 28.4. The van der Waals surface area contributed by atoms with Crippen LogP contribution in [0.4, 0.5) is 11.6 Å². The van der Waals surface area contributed by atoms with Gasteiger partial charge >= 0.3 is 0 Å². The van der Waals surface area contributed by atoms with Crippen LogP contribution in [0.25, 0.3) is 0 Å². The number of fused-ring (bicyclic) bond motifs is 2. The minimum absolute atomic E-state index is 0.303. The SMILES string of the molecule is CN(CCN(Cc1cc(Cl)cc(Cl)c1)C(=O)CO)C1=Nc2nc(Cl)ccc2C1.CN(CCNCc1cc(Cl)cc(Cl)c1)C1=Nc2nc(Cl)ccc2C1. The van der Waals surface area contributed by atoms with Crippen LogP contribution in [0.15, 0.2) is 70.6 Å². The molecule has 0 aliphatic carbocycles. The third-order valence-corrected chi connectivity index (χ3v) is 9.55. The molecule has 10 nitrogen and oxygen atoms in total. The van der Waals surface area contributed by atoms with Crippen molar-refractivity contribution < 1.29 is 9.90 Å². The Bertz CT molecular complexity index is 1940. The first-order valence-corrected chi connectivity index (χ1v) is 18.5. The minimum Gasteiger partial charge on any atom is -0.387 e. The van der Waals surface area contributed by atoms with Crippen LogP contribution < -0.4 is 5.32 Å². The number of aromatic nitrogens is 2. The molecule has 52 heavy (non-hydrogen) atoms. The summed E-state index contributed by atoms with van der Waals surface area (Å²) < 4.78 is 0. The number of rotatable bonds is 11. The molecule has 4 aromatic rings. The van der Waals surface area contributed by atoms with Crippen LogP contribution in [0.5, 0.6) is 0 Å². The van der Waals surface area contributed by atoms with E-state index in [2.05, 4.69) is 30.2 Å². The second-order valence-electron chi connectivity index (χ2n) is 12.2. The van der Waals surface area contributed by atoms with Gasteiger partial charge in [-0.1, -0.05) is 81.7 Å². The smallest absolute Gasteiger partial charge is 0.248 e. The van der Waals surface area contributed by atoms with E-state index in [0.29, 0.717) is 62.3 Å². The van der Waals surface area contributed by atoms with Crippen LogP contribution in [0.3, 0.4) is 0 Å². The first-order valence-electron chi connectivity index (χ1n) is 16.2. The van der Waals surface area contributed by atoms with Crippen LogP contribution in [0, 0.1) is 0 Å². The average Bonchev–Trinajstić information content (AvgIpc) is 3.71. The van der Waals surface area contributed by atoms with Crippen LogP contribution in [-0.2, 0) is 30.7 Å². The summed E-state index contributed by atoms with van der Waals surface area (Å²) in [5, 5.41) is 15.9. The van der Waals surface area contributed by atoms with Crippen LogP contribution in [-0.4, -0.2) is 94.2 Å². The van der Waals surface area contributed by atoms with Gasteiger partial charge in [0.25, 0.3) is 0 Å². The number of halogens is 6. The molecule has 0 saturated carbocycles. The summed E-state index contributed by atoms with van der Waals surface area (Å²) in [6.07, 6.45) is 1.45. The largest absolute Gasteiger partial charge is 0.387 e. The summed E-state index contributed by atoms with van der Waals surface area (Å²) in [4.78, 5) is 35.4. The summed E-state index contributed by atoms with van der Waals surface area (Å²) in [5.74, 6) is 2.85. The van der Waals surface area contributed by atoms with Crippen molar-refractivity contribution in [3.05, 3.63) is 113 Å². The molecule has 2 N–H and O–H groups in total. The molecule has 0 saturated heterocycles. The number of aliphatic hydroxyl groups is 1. The Kier molecular flexibility index (Phi) is 14.4. The number of hydrogen-bond acceptors (Lipinski definition) is 9. The molecule has 2 aliphatic heterocycles. The number of carbonyl (C=O) groups is 1. The Morgan fingerprint density at radius 3 is 1.67 bits per heavy atom.